The topological polar surface area (TPSA) is 72.5 Å². The van der Waals surface area contributed by atoms with Crippen LogP contribution in [-0.4, -0.2) is 31.7 Å². The van der Waals surface area contributed by atoms with E-state index in [-0.39, 0.29) is 5.91 Å². The van der Waals surface area contributed by atoms with E-state index in [2.05, 4.69) is 15.6 Å². The Kier molecular flexibility index (Phi) is 7.40. The van der Waals surface area contributed by atoms with Gasteiger partial charge in [0, 0.05) is 41.8 Å². The smallest absolute Gasteiger partial charge is 0.256 e. The summed E-state index contributed by atoms with van der Waals surface area (Å²) in [5.74, 6) is 1.07. The number of benzene rings is 3. The fourth-order valence-electron chi connectivity index (χ4n) is 3.69. The molecule has 4 rings (SSSR count). The first kappa shape index (κ1) is 22.9. The highest BCUT2D eigenvalue weighted by Crippen LogP contribution is 2.34. The second-order valence-electron chi connectivity index (χ2n) is 7.64. The van der Waals surface area contributed by atoms with E-state index in [0.29, 0.717) is 17.1 Å². The number of carbonyl (C=O) groups excluding carboxylic acids is 1. The number of aromatic nitrogens is 1. The summed E-state index contributed by atoms with van der Waals surface area (Å²) >= 11 is 0. The molecule has 34 heavy (non-hydrogen) atoms. The van der Waals surface area contributed by atoms with Gasteiger partial charge in [0.15, 0.2) is 11.5 Å². The van der Waals surface area contributed by atoms with Gasteiger partial charge in [0.05, 0.1) is 14.2 Å². The molecule has 1 heterocycles. The molecule has 0 aliphatic carbocycles. The molecule has 6 heteroatoms. The fourth-order valence-corrected chi connectivity index (χ4v) is 3.69. The summed E-state index contributed by atoms with van der Waals surface area (Å²) in [6.07, 6.45) is 2.64. The van der Waals surface area contributed by atoms with Gasteiger partial charge in [0.1, 0.15) is 0 Å². The predicted molar refractivity (Wildman–Crippen MR) is 136 cm³/mol. The molecule has 0 aliphatic heterocycles. The van der Waals surface area contributed by atoms with Crippen LogP contribution in [0, 0.1) is 0 Å². The first-order valence-electron chi connectivity index (χ1n) is 11.0. The van der Waals surface area contributed by atoms with E-state index < -0.39 is 0 Å². The molecular formula is C28H27N3O3. The Morgan fingerprint density at radius 2 is 1.56 bits per heavy atom. The minimum Gasteiger partial charge on any atom is -0.493 e. The highest BCUT2D eigenvalue weighted by Gasteiger charge is 2.14. The van der Waals surface area contributed by atoms with Crippen LogP contribution in [-0.2, 0) is 6.42 Å². The van der Waals surface area contributed by atoms with Crippen LogP contribution in [0.1, 0.15) is 16.1 Å². The molecule has 4 aromatic rings. The van der Waals surface area contributed by atoms with Crippen molar-refractivity contribution in [3.05, 3.63) is 102 Å². The van der Waals surface area contributed by atoms with E-state index in [0.717, 1.165) is 41.2 Å². The molecule has 0 fully saturated rings. The van der Waals surface area contributed by atoms with Crippen LogP contribution < -0.4 is 20.1 Å². The minimum atomic E-state index is -0.179. The Morgan fingerprint density at radius 3 is 2.29 bits per heavy atom. The third-order valence-corrected chi connectivity index (χ3v) is 5.45. The van der Waals surface area contributed by atoms with Crippen LogP contribution >= 0.6 is 0 Å². The molecule has 1 aromatic heterocycles. The normalized spacial score (nSPS) is 10.4. The number of hydrogen-bond donors (Lipinski definition) is 2. The van der Waals surface area contributed by atoms with E-state index in [1.165, 1.54) is 0 Å². The van der Waals surface area contributed by atoms with Crippen LogP contribution in [0.4, 0.5) is 11.4 Å². The molecule has 2 N–H and O–H groups in total. The van der Waals surface area contributed by atoms with Gasteiger partial charge in [-0.25, -0.2) is 0 Å². The van der Waals surface area contributed by atoms with E-state index in [1.807, 2.05) is 84.9 Å². The Morgan fingerprint density at radius 1 is 0.824 bits per heavy atom. The van der Waals surface area contributed by atoms with Crippen LogP contribution in [0.25, 0.3) is 11.1 Å². The Balaban J connectivity index is 1.43. The van der Waals surface area contributed by atoms with Crippen molar-refractivity contribution in [3.8, 4) is 22.6 Å². The highest BCUT2D eigenvalue weighted by molar-refractivity contribution is 6.08. The molecule has 172 valence electrons. The van der Waals surface area contributed by atoms with Crippen molar-refractivity contribution in [2.24, 2.45) is 0 Å². The lowest BCUT2D eigenvalue weighted by atomic mass is 9.98. The third kappa shape index (κ3) is 5.53. The molecule has 0 spiro atoms. The molecule has 3 aromatic carbocycles. The lowest BCUT2D eigenvalue weighted by Crippen LogP contribution is -2.13. The lowest BCUT2D eigenvalue weighted by molar-refractivity contribution is 0.102. The maximum Gasteiger partial charge on any atom is 0.256 e. The summed E-state index contributed by atoms with van der Waals surface area (Å²) in [6.45, 7) is 0.779. The molecule has 0 unspecified atom stereocenters. The zero-order valence-electron chi connectivity index (χ0n) is 19.2. The number of hydrogen-bond acceptors (Lipinski definition) is 5. The number of nitrogens with one attached hydrogen (secondary N) is 2. The second kappa shape index (κ2) is 11.0. The quantitative estimate of drug-likeness (QED) is 0.341. The van der Waals surface area contributed by atoms with Gasteiger partial charge in [0.2, 0.25) is 0 Å². The van der Waals surface area contributed by atoms with Crippen molar-refractivity contribution in [2.75, 3.05) is 31.4 Å². The summed E-state index contributed by atoms with van der Waals surface area (Å²) in [6, 6.07) is 26.7. The maximum absolute atomic E-state index is 13.1. The number of nitrogens with zero attached hydrogens (tertiary/aromatic N) is 1. The van der Waals surface area contributed by atoms with Crippen LogP contribution in [0.3, 0.4) is 0 Å². The van der Waals surface area contributed by atoms with Crippen LogP contribution in [0.15, 0.2) is 91.1 Å². The number of rotatable bonds is 9. The average molecular weight is 454 g/mol. The molecule has 0 aliphatic rings. The second-order valence-corrected chi connectivity index (χ2v) is 7.64. The summed E-state index contributed by atoms with van der Waals surface area (Å²) in [4.78, 5) is 17.4. The Bertz CT molecular complexity index is 1240. The average Bonchev–Trinajstić information content (AvgIpc) is 2.90. The Hall–Kier alpha value is -4.32. The van der Waals surface area contributed by atoms with Crippen molar-refractivity contribution in [1.29, 1.82) is 0 Å². The van der Waals surface area contributed by atoms with E-state index in [9.17, 15) is 4.79 Å². The van der Waals surface area contributed by atoms with Gasteiger partial charge in [0.25, 0.3) is 5.91 Å². The zero-order chi connectivity index (χ0) is 23.8. The largest absolute Gasteiger partial charge is 0.493 e. The molecule has 0 saturated heterocycles. The van der Waals surface area contributed by atoms with Gasteiger partial charge >= 0.3 is 0 Å². The highest BCUT2D eigenvalue weighted by atomic mass is 16.5. The summed E-state index contributed by atoms with van der Waals surface area (Å²) in [5, 5.41) is 6.38. The third-order valence-electron chi connectivity index (χ3n) is 5.45. The summed E-state index contributed by atoms with van der Waals surface area (Å²) in [5.41, 5.74) is 5.02. The standard InChI is InChI=1S/C28H27N3O3/c1-33-26-15-10-20(19-27(26)34-2)24-8-3-4-9-25(24)28(32)31-23-13-11-22(12-14-23)30-18-16-21-7-5-6-17-29-21/h3-15,17,19,30H,16,18H2,1-2H3,(H,31,32). The number of amides is 1. The molecule has 6 nitrogen and oxygen atoms in total. The summed E-state index contributed by atoms with van der Waals surface area (Å²) in [7, 11) is 3.19. The van der Waals surface area contributed by atoms with E-state index >= 15 is 0 Å². The summed E-state index contributed by atoms with van der Waals surface area (Å²) < 4.78 is 10.8. The monoisotopic (exact) mass is 453 g/mol. The van der Waals surface area contributed by atoms with Gasteiger partial charge < -0.3 is 20.1 Å². The van der Waals surface area contributed by atoms with Gasteiger partial charge in [-0.3, -0.25) is 9.78 Å². The SMILES string of the molecule is COc1ccc(-c2ccccc2C(=O)Nc2ccc(NCCc3ccccn3)cc2)cc1OC. The minimum absolute atomic E-state index is 0.179. The zero-order valence-corrected chi connectivity index (χ0v) is 19.2. The lowest BCUT2D eigenvalue weighted by Gasteiger charge is -2.13. The molecular weight excluding hydrogens is 426 g/mol. The predicted octanol–water partition coefficient (Wildman–Crippen LogP) is 5.67. The van der Waals surface area contributed by atoms with Crippen molar-refractivity contribution in [1.82, 2.24) is 4.98 Å². The van der Waals surface area contributed by atoms with Crippen molar-refractivity contribution >= 4 is 17.3 Å². The number of carbonyl (C=O) groups is 1. The van der Waals surface area contributed by atoms with E-state index in [1.54, 1.807) is 20.4 Å². The van der Waals surface area contributed by atoms with Crippen molar-refractivity contribution in [2.45, 2.75) is 6.42 Å². The first-order valence-corrected chi connectivity index (χ1v) is 11.0. The first-order chi connectivity index (χ1) is 16.7. The van der Waals surface area contributed by atoms with Gasteiger partial charge in [-0.05, 0) is 65.7 Å². The van der Waals surface area contributed by atoms with Crippen molar-refractivity contribution < 1.29 is 14.3 Å². The molecule has 0 saturated carbocycles. The number of ether oxygens (including phenoxy) is 2. The molecule has 0 bridgehead atoms. The van der Waals surface area contributed by atoms with Gasteiger partial charge in [-0.15, -0.1) is 0 Å². The van der Waals surface area contributed by atoms with Gasteiger partial charge in [-0.1, -0.05) is 30.3 Å². The van der Waals surface area contributed by atoms with Gasteiger partial charge in [-0.2, -0.15) is 0 Å². The van der Waals surface area contributed by atoms with Crippen LogP contribution in [0.5, 0.6) is 11.5 Å². The molecule has 1 amide bonds. The molecule has 0 radical (unpaired) electrons. The van der Waals surface area contributed by atoms with Crippen molar-refractivity contribution in [3.63, 3.8) is 0 Å². The molecule has 0 atom stereocenters. The number of anilines is 2. The van der Waals surface area contributed by atoms with Crippen LogP contribution in [0.2, 0.25) is 0 Å². The Labute approximate surface area is 199 Å². The fraction of sp³-hybridized carbons (Fsp3) is 0.143. The van der Waals surface area contributed by atoms with E-state index in [4.69, 9.17) is 9.47 Å². The number of methoxy groups -OCH3 is 2. The maximum atomic E-state index is 13.1. The number of pyridine rings is 1.